The Bertz CT molecular complexity index is 621. The molecule has 1 aromatic rings. The molecule has 0 saturated carbocycles. The van der Waals surface area contributed by atoms with Crippen LogP contribution < -0.4 is 4.74 Å². The predicted octanol–water partition coefficient (Wildman–Crippen LogP) is 1.99. The molecule has 0 fully saturated rings. The number of nitrogens with zero attached hydrogens (tertiary/aromatic N) is 2. The molecule has 0 saturated heterocycles. The van der Waals surface area contributed by atoms with E-state index in [9.17, 15) is 0 Å². The molecule has 0 amide bonds. The average molecular weight is 292 g/mol. The van der Waals surface area contributed by atoms with E-state index < -0.39 is 0 Å². The van der Waals surface area contributed by atoms with Crippen molar-refractivity contribution in [2.24, 2.45) is 10.3 Å². The van der Waals surface area contributed by atoms with E-state index in [4.69, 9.17) is 19.5 Å². The maximum atomic E-state index is 8.75. The third-order valence-corrected chi connectivity index (χ3v) is 3.78. The molecule has 6 nitrogen and oxygen atoms in total. The van der Waals surface area contributed by atoms with Gasteiger partial charge in [-0.15, -0.1) is 0 Å². The molecule has 0 bridgehead atoms. The van der Waals surface area contributed by atoms with Crippen LogP contribution in [0.3, 0.4) is 0 Å². The topological polar surface area (TPSA) is 72.6 Å². The molecule has 0 spiro atoms. The molecular formula is C15H20N2O4. The van der Waals surface area contributed by atoms with Crippen molar-refractivity contribution < 1.29 is 19.5 Å². The van der Waals surface area contributed by atoms with Crippen LogP contribution in [0.4, 0.5) is 0 Å². The Balaban J connectivity index is 2.57. The molecule has 1 heterocycles. The summed E-state index contributed by atoms with van der Waals surface area (Å²) in [6.45, 7) is 8.14. The second-order valence-electron chi connectivity index (χ2n) is 4.88. The van der Waals surface area contributed by atoms with Crippen LogP contribution in [0.25, 0.3) is 0 Å². The summed E-state index contributed by atoms with van der Waals surface area (Å²) in [6.07, 6.45) is 0. The van der Waals surface area contributed by atoms with Crippen molar-refractivity contribution in [2.75, 3.05) is 20.3 Å². The Kier molecular flexibility index (Phi) is 4.47. The van der Waals surface area contributed by atoms with Crippen molar-refractivity contribution >= 4 is 11.6 Å². The fraction of sp³-hybridized carbons (Fsp3) is 0.467. The van der Waals surface area contributed by atoms with Crippen molar-refractivity contribution in [1.82, 2.24) is 0 Å². The molecule has 114 valence electrons. The number of benzene rings is 1. The molecule has 21 heavy (non-hydrogen) atoms. The minimum absolute atomic E-state index is 0.0967. The third kappa shape index (κ3) is 2.58. The molecule has 0 aliphatic carbocycles. The van der Waals surface area contributed by atoms with Crippen molar-refractivity contribution in [1.29, 1.82) is 0 Å². The molecule has 6 heteroatoms. The number of aliphatic hydroxyl groups is 1. The van der Waals surface area contributed by atoms with E-state index in [1.165, 1.54) is 18.2 Å². The summed E-state index contributed by atoms with van der Waals surface area (Å²) in [7, 11) is 1.47. The largest absolute Gasteiger partial charge is 0.434 e. The number of ether oxygens (including phenoxy) is 1. The van der Waals surface area contributed by atoms with Crippen LogP contribution in [-0.2, 0) is 9.68 Å². The van der Waals surface area contributed by atoms with Gasteiger partial charge >= 0.3 is 0 Å². The number of fused-ring (bicyclic) bond motifs is 1. The quantitative estimate of drug-likeness (QED) is 0.680. The van der Waals surface area contributed by atoms with E-state index in [0.29, 0.717) is 5.71 Å². The summed E-state index contributed by atoms with van der Waals surface area (Å²) in [6, 6.07) is 0. The Hall–Kier alpha value is -2.08. The normalized spacial score (nSPS) is 17.0. The monoisotopic (exact) mass is 292 g/mol. The lowest BCUT2D eigenvalue weighted by molar-refractivity contribution is 0.0960. The zero-order valence-corrected chi connectivity index (χ0v) is 13.0. The van der Waals surface area contributed by atoms with Crippen LogP contribution in [0, 0.1) is 27.7 Å². The zero-order chi connectivity index (χ0) is 15.6. The lowest BCUT2D eigenvalue weighted by atomic mass is 9.92. The first kappa shape index (κ1) is 15.3. The maximum absolute atomic E-state index is 8.75. The first-order valence-electron chi connectivity index (χ1n) is 6.73. The Morgan fingerprint density at radius 1 is 1.00 bits per heavy atom. The van der Waals surface area contributed by atoms with Gasteiger partial charge in [-0.1, -0.05) is 5.16 Å². The van der Waals surface area contributed by atoms with Crippen LogP contribution in [-0.4, -0.2) is 37.0 Å². The molecular weight excluding hydrogens is 272 g/mol. The van der Waals surface area contributed by atoms with E-state index in [1.807, 2.05) is 13.8 Å². The first-order chi connectivity index (χ1) is 10.0. The van der Waals surface area contributed by atoms with Gasteiger partial charge in [0.25, 0.3) is 5.90 Å². The molecule has 2 rings (SSSR count). The number of aliphatic hydroxyl groups excluding tert-OH is 1. The van der Waals surface area contributed by atoms with Crippen LogP contribution >= 0.6 is 0 Å². The average Bonchev–Trinajstić information content (AvgIpc) is 2.83. The van der Waals surface area contributed by atoms with Crippen molar-refractivity contribution in [2.45, 2.75) is 27.7 Å². The molecule has 0 atom stereocenters. The smallest absolute Gasteiger partial charge is 0.286 e. The molecule has 1 aromatic carbocycles. The Morgan fingerprint density at radius 3 is 2.29 bits per heavy atom. The Morgan fingerprint density at radius 2 is 1.67 bits per heavy atom. The van der Waals surface area contributed by atoms with Crippen molar-refractivity contribution in [3.05, 3.63) is 27.8 Å². The van der Waals surface area contributed by atoms with Gasteiger partial charge in [0.05, 0.1) is 12.2 Å². The van der Waals surface area contributed by atoms with Gasteiger partial charge in [0.1, 0.15) is 19.5 Å². The molecule has 0 radical (unpaired) electrons. The van der Waals surface area contributed by atoms with E-state index >= 15 is 0 Å². The molecule has 0 unspecified atom stereocenters. The van der Waals surface area contributed by atoms with Gasteiger partial charge in [0.15, 0.2) is 5.71 Å². The molecule has 1 N–H and O–H groups in total. The highest BCUT2D eigenvalue weighted by molar-refractivity contribution is 6.49. The molecule has 1 aliphatic heterocycles. The summed E-state index contributed by atoms with van der Waals surface area (Å²) in [5, 5.41) is 16.7. The van der Waals surface area contributed by atoms with Crippen LogP contribution in [0.15, 0.2) is 10.3 Å². The lowest BCUT2D eigenvalue weighted by Gasteiger charge is -2.13. The van der Waals surface area contributed by atoms with Crippen molar-refractivity contribution in [3.63, 3.8) is 0 Å². The van der Waals surface area contributed by atoms with Gasteiger partial charge < -0.3 is 19.5 Å². The molecule has 0 aromatic heterocycles. The second-order valence-corrected chi connectivity index (χ2v) is 4.88. The highest BCUT2D eigenvalue weighted by Gasteiger charge is 2.33. The standard InChI is InChI=1S/C15H20N2O4/c1-8-9(2)11(4)14-12(10(8)3)13(16-19-5)15(21-14)17-20-7-6-18/h18H,6-7H2,1-5H3/b16-13-,17-15+. The highest BCUT2D eigenvalue weighted by Crippen LogP contribution is 2.37. The predicted molar refractivity (Wildman–Crippen MR) is 80.0 cm³/mol. The molecule has 1 aliphatic rings. The van der Waals surface area contributed by atoms with E-state index in [-0.39, 0.29) is 19.1 Å². The van der Waals surface area contributed by atoms with Gasteiger partial charge in [0, 0.05) is 0 Å². The van der Waals surface area contributed by atoms with Gasteiger partial charge in [-0.3, -0.25) is 0 Å². The summed E-state index contributed by atoms with van der Waals surface area (Å²) >= 11 is 0. The summed E-state index contributed by atoms with van der Waals surface area (Å²) in [4.78, 5) is 9.90. The summed E-state index contributed by atoms with van der Waals surface area (Å²) in [5.74, 6) is 0.981. The maximum Gasteiger partial charge on any atom is 0.286 e. The number of rotatable bonds is 4. The zero-order valence-electron chi connectivity index (χ0n) is 13.0. The van der Waals surface area contributed by atoms with E-state index in [1.54, 1.807) is 0 Å². The van der Waals surface area contributed by atoms with Crippen LogP contribution in [0.5, 0.6) is 5.75 Å². The summed E-state index contributed by atoms with van der Waals surface area (Å²) < 4.78 is 5.80. The van der Waals surface area contributed by atoms with Crippen molar-refractivity contribution in [3.8, 4) is 5.75 Å². The summed E-state index contributed by atoms with van der Waals surface area (Å²) in [5.41, 5.74) is 5.88. The Labute approximate surface area is 124 Å². The van der Waals surface area contributed by atoms with Gasteiger partial charge in [-0.2, -0.15) is 0 Å². The van der Waals surface area contributed by atoms with Crippen LogP contribution in [0.1, 0.15) is 27.8 Å². The fourth-order valence-corrected chi connectivity index (χ4v) is 2.33. The number of hydrogen-bond donors (Lipinski definition) is 1. The first-order valence-corrected chi connectivity index (χ1v) is 6.73. The van der Waals surface area contributed by atoms with Gasteiger partial charge in [-0.25, -0.2) is 0 Å². The SMILES string of the molecule is CO/N=C1\C(=N/OCCO)Oc2c(C)c(C)c(C)c(C)c21. The lowest BCUT2D eigenvalue weighted by Crippen LogP contribution is -2.15. The fourth-order valence-electron chi connectivity index (χ4n) is 2.33. The third-order valence-electron chi connectivity index (χ3n) is 3.78. The van der Waals surface area contributed by atoms with Gasteiger partial charge in [0.2, 0.25) is 0 Å². The van der Waals surface area contributed by atoms with Crippen LogP contribution in [0.2, 0.25) is 0 Å². The second kappa shape index (κ2) is 6.13. The highest BCUT2D eigenvalue weighted by atomic mass is 16.7. The number of oxime groups is 2. The van der Waals surface area contributed by atoms with E-state index in [2.05, 4.69) is 24.2 Å². The van der Waals surface area contributed by atoms with E-state index in [0.717, 1.165) is 22.4 Å². The number of hydrogen-bond acceptors (Lipinski definition) is 6. The minimum atomic E-state index is -0.114. The minimum Gasteiger partial charge on any atom is -0.434 e. The van der Waals surface area contributed by atoms with Gasteiger partial charge in [-0.05, 0) is 55.1 Å².